The lowest BCUT2D eigenvalue weighted by Gasteiger charge is -2.08. The van der Waals surface area contributed by atoms with Crippen LogP contribution in [0.4, 0.5) is 5.69 Å². The Morgan fingerprint density at radius 1 is 0.926 bits per heavy atom. The first-order valence-electron chi connectivity index (χ1n) is 8.87. The molecule has 1 aromatic carbocycles. The van der Waals surface area contributed by atoms with E-state index in [4.69, 9.17) is 5.11 Å². The number of unbranched alkanes of at least 4 members (excludes halogenated alkanes) is 3. The number of carbonyl (C=O) groups excluding carboxylic acids is 2. The molecule has 0 saturated carbocycles. The molecule has 0 aliphatic heterocycles. The van der Waals surface area contributed by atoms with Crippen molar-refractivity contribution in [2.75, 3.05) is 11.9 Å². The Bertz CT molecular complexity index is 778. The van der Waals surface area contributed by atoms with Crippen molar-refractivity contribution >= 4 is 23.5 Å². The van der Waals surface area contributed by atoms with Gasteiger partial charge in [-0.2, -0.15) is 0 Å². The molecule has 27 heavy (non-hydrogen) atoms. The summed E-state index contributed by atoms with van der Waals surface area (Å²) in [4.78, 5) is 38.7. The Hall–Kier alpha value is -3.22. The molecule has 0 atom stereocenters. The molecule has 0 radical (unpaired) electrons. The number of aliphatic carboxylic acids is 1. The van der Waals surface area contributed by atoms with Crippen molar-refractivity contribution in [1.29, 1.82) is 0 Å². The van der Waals surface area contributed by atoms with E-state index in [0.717, 1.165) is 19.3 Å². The molecule has 7 nitrogen and oxygen atoms in total. The van der Waals surface area contributed by atoms with Gasteiger partial charge in [-0.25, -0.2) is 0 Å². The predicted molar refractivity (Wildman–Crippen MR) is 102 cm³/mol. The zero-order valence-corrected chi connectivity index (χ0v) is 15.0. The molecule has 2 aromatic rings. The first-order chi connectivity index (χ1) is 13.1. The summed E-state index contributed by atoms with van der Waals surface area (Å²) in [5.74, 6) is -1.28. The molecule has 0 aliphatic rings. The quantitative estimate of drug-likeness (QED) is 0.558. The fourth-order valence-corrected chi connectivity index (χ4v) is 2.50. The maximum atomic E-state index is 12.2. The number of rotatable bonds is 10. The summed E-state index contributed by atoms with van der Waals surface area (Å²) in [5, 5.41) is 14.1. The number of hydrogen-bond donors (Lipinski definition) is 3. The van der Waals surface area contributed by atoms with Crippen molar-refractivity contribution in [2.24, 2.45) is 0 Å². The van der Waals surface area contributed by atoms with Crippen molar-refractivity contribution in [3.05, 3.63) is 59.9 Å². The molecule has 1 aromatic heterocycles. The Kier molecular flexibility index (Phi) is 7.96. The van der Waals surface area contributed by atoms with Crippen LogP contribution in [0, 0.1) is 0 Å². The lowest BCUT2D eigenvalue weighted by Crippen LogP contribution is -2.24. The van der Waals surface area contributed by atoms with E-state index >= 15 is 0 Å². The highest BCUT2D eigenvalue weighted by Gasteiger charge is 2.09. The molecule has 7 heteroatoms. The Balaban J connectivity index is 1.78. The third-order valence-corrected chi connectivity index (χ3v) is 3.91. The van der Waals surface area contributed by atoms with Crippen LogP contribution in [0.1, 0.15) is 52.8 Å². The van der Waals surface area contributed by atoms with Gasteiger partial charge in [0.2, 0.25) is 0 Å². The van der Waals surface area contributed by atoms with E-state index in [9.17, 15) is 14.4 Å². The van der Waals surface area contributed by atoms with Crippen LogP contribution in [-0.4, -0.2) is 34.4 Å². The number of carboxylic acid groups (broad SMARTS) is 1. The molecule has 0 aliphatic carbocycles. The molecule has 2 amide bonds. The molecular weight excluding hydrogens is 346 g/mol. The van der Waals surface area contributed by atoms with Crippen molar-refractivity contribution < 1.29 is 19.5 Å². The normalized spacial score (nSPS) is 10.2. The largest absolute Gasteiger partial charge is 0.481 e. The first kappa shape index (κ1) is 20.1. The second-order valence-corrected chi connectivity index (χ2v) is 6.09. The second kappa shape index (κ2) is 10.7. The van der Waals surface area contributed by atoms with Gasteiger partial charge in [0.15, 0.2) is 0 Å². The van der Waals surface area contributed by atoms with Crippen LogP contribution in [0.3, 0.4) is 0 Å². The zero-order chi connectivity index (χ0) is 19.5. The number of pyridine rings is 1. The fraction of sp³-hybridized carbons (Fsp3) is 0.300. The Morgan fingerprint density at radius 3 is 2.44 bits per heavy atom. The van der Waals surface area contributed by atoms with Crippen LogP contribution >= 0.6 is 0 Å². The first-order valence-corrected chi connectivity index (χ1v) is 8.87. The summed E-state index contributed by atoms with van der Waals surface area (Å²) < 4.78 is 0. The highest BCUT2D eigenvalue weighted by Crippen LogP contribution is 2.12. The van der Waals surface area contributed by atoms with Gasteiger partial charge in [0, 0.05) is 36.6 Å². The number of aromatic nitrogens is 1. The van der Waals surface area contributed by atoms with Crippen LogP contribution in [0.25, 0.3) is 0 Å². The van der Waals surface area contributed by atoms with E-state index in [1.165, 1.54) is 6.20 Å². The van der Waals surface area contributed by atoms with E-state index < -0.39 is 5.97 Å². The lowest BCUT2D eigenvalue weighted by molar-refractivity contribution is -0.137. The molecule has 0 unspecified atom stereocenters. The van der Waals surface area contributed by atoms with E-state index in [0.29, 0.717) is 29.8 Å². The molecule has 142 valence electrons. The van der Waals surface area contributed by atoms with Gasteiger partial charge in [0.25, 0.3) is 11.8 Å². The summed E-state index contributed by atoms with van der Waals surface area (Å²) in [6.45, 7) is 0.526. The van der Waals surface area contributed by atoms with Crippen molar-refractivity contribution in [1.82, 2.24) is 10.3 Å². The summed E-state index contributed by atoms with van der Waals surface area (Å²) >= 11 is 0. The minimum absolute atomic E-state index is 0.184. The fourth-order valence-electron chi connectivity index (χ4n) is 2.50. The topological polar surface area (TPSA) is 108 Å². The van der Waals surface area contributed by atoms with Gasteiger partial charge in [0.05, 0.1) is 5.56 Å². The van der Waals surface area contributed by atoms with Crippen LogP contribution in [-0.2, 0) is 4.79 Å². The smallest absolute Gasteiger partial charge is 0.303 e. The van der Waals surface area contributed by atoms with Crippen LogP contribution in [0.15, 0.2) is 48.8 Å². The monoisotopic (exact) mass is 369 g/mol. The number of amides is 2. The van der Waals surface area contributed by atoms with Gasteiger partial charge in [-0.05, 0) is 43.2 Å². The average molecular weight is 369 g/mol. The lowest BCUT2D eigenvalue weighted by atomic mass is 10.1. The second-order valence-electron chi connectivity index (χ2n) is 6.09. The highest BCUT2D eigenvalue weighted by molar-refractivity contribution is 6.04. The number of hydrogen-bond acceptors (Lipinski definition) is 4. The van der Waals surface area contributed by atoms with Crippen molar-refractivity contribution in [3.8, 4) is 0 Å². The molecule has 2 rings (SSSR count). The maximum Gasteiger partial charge on any atom is 0.303 e. The molecule has 3 N–H and O–H groups in total. The van der Waals surface area contributed by atoms with Crippen LogP contribution in [0.5, 0.6) is 0 Å². The number of carbonyl (C=O) groups is 3. The Labute approximate surface area is 157 Å². The number of nitrogens with one attached hydrogen (secondary N) is 2. The third kappa shape index (κ3) is 7.27. The van der Waals surface area contributed by atoms with Crippen molar-refractivity contribution in [3.63, 3.8) is 0 Å². The van der Waals surface area contributed by atoms with Crippen LogP contribution < -0.4 is 10.6 Å². The van der Waals surface area contributed by atoms with Gasteiger partial charge < -0.3 is 15.7 Å². The molecular formula is C20H23N3O4. The molecule has 0 fully saturated rings. The summed E-state index contributed by atoms with van der Waals surface area (Å²) in [7, 11) is 0. The van der Waals surface area contributed by atoms with Crippen LogP contribution in [0.2, 0.25) is 0 Å². The summed E-state index contributed by atoms with van der Waals surface area (Å²) in [6, 6.07) is 10.1. The Morgan fingerprint density at radius 2 is 1.70 bits per heavy atom. The zero-order valence-electron chi connectivity index (χ0n) is 15.0. The summed E-state index contributed by atoms with van der Waals surface area (Å²) in [6.07, 6.45) is 6.40. The number of benzene rings is 1. The minimum atomic E-state index is -0.779. The third-order valence-electron chi connectivity index (χ3n) is 3.91. The number of carboxylic acids is 1. The number of anilines is 1. The highest BCUT2D eigenvalue weighted by atomic mass is 16.4. The SMILES string of the molecule is O=C(O)CCCCCCNC(=O)c1cccc(NC(=O)c2cccnc2)c1. The molecule has 1 heterocycles. The minimum Gasteiger partial charge on any atom is -0.481 e. The predicted octanol–water partition coefficient (Wildman–Crippen LogP) is 3.10. The standard InChI is InChI=1S/C20H23N3O4/c24-18(25)10-3-1-2-4-12-22-19(26)15-7-5-9-17(13-15)23-20(27)16-8-6-11-21-14-16/h5-9,11,13-14H,1-4,10,12H2,(H,22,26)(H,23,27)(H,24,25). The molecule has 0 saturated heterocycles. The molecule has 0 spiro atoms. The van der Waals surface area contributed by atoms with E-state index in [1.807, 2.05) is 0 Å². The van der Waals surface area contributed by atoms with Crippen molar-refractivity contribution in [2.45, 2.75) is 32.1 Å². The molecule has 0 bridgehead atoms. The van der Waals surface area contributed by atoms with Gasteiger partial charge in [-0.15, -0.1) is 0 Å². The van der Waals surface area contributed by atoms with Gasteiger partial charge in [-0.1, -0.05) is 18.9 Å². The average Bonchev–Trinajstić information content (AvgIpc) is 2.67. The van der Waals surface area contributed by atoms with Gasteiger partial charge in [-0.3, -0.25) is 19.4 Å². The maximum absolute atomic E-state index is 12.2. The van der Waals surface area contributed by atoms with E-state index in [-0.39, 0.29) is 18.2 Å². The van der Waals surface area contributed by atoms with E-state index in [1.54, 1.807) is 42.6 Å². The number of nitrogens with zero attached hydrogens (tertiary/aromatic N) is 1. The summed E-state index contributed by atoms with van der Waals surface area (Å²) in [5.41, 5.74) is 1.44. The van der Waals surface area contributed by atoms with Gasteiger partial charge in [0.1, 0.15) is 0 Å². The van der Waals surface area contributed by atoms with E-state index in [2.05, 4.69) is 15.6 Å². The van der Waals surface area contributed by atoms with Gasteiger partial charge >= 0.3 is 5.97 Å².